The van der Waals surface area contributed by atoms with Gasteiger partial charge in [0.2, 0.25) is 0 Å². The Kier molecular flexibility index (Phi) is 4.05. The zero-order valence-corrected chi connectivity index (χ0v) is 11.1. The predicted octanol–water partition coefficient (Wildman–Crippen LogP) is 3.53. The van der Waals surface area contributed by atoms with Crippen molar-refractivity contribution in [1.29, 1.82) is 0 Å². The van der Waals surface area contributed by atoms with E-state index in [0.717, 1.165) is 0 Å². The maximum atomic E-state index is 9.61. The summed E-state index contributed by atoms with van der Waals surface area (Å²) in [4.78, 5) is 0. The number of methoxy groups -OCH3 is 2. The molecule has 0 aliphatic rings. The van der Waals surface area contributed by atoms with Crippen LogP contribution >= 0.6 is 0 Å². The predicted molar refractivity (Wildman–Crippen MR) is 73.5 cm³/mol. The first kappa shape index (κ1) is 13.7. The molecule has 2 aromatic rings. The summed E-state index contributed by atoms with van der Waals surface area (Å²) in [6, 6.07) is 9.16. The molecule has 0 saturated carbocycles. The first-order chi connectivity index (χ1) is 9.62. The van der Waals surface area contributed by atoms with Crippen molar-refractivity contribution in [3.63, 3.8) is 0 Å². The topological polar surface area (TPSA) is 83.6 Å². The van der Waals surface area contributed by atoms with E-state index in [2.05, 4.69) is 10.2 Å². The third-order valence-corrected chi connectivity index (χ3v) is 2.57. The maximum Gasteiger partial charge on any atom is 0.146 e. The van der Waals surface area contributed by atoms with E-state index < -0.39 is 0 Å². The first-order valence-corrected chi connectivity index (χ1v) is 5.79. The lowest BCUT2D eigenvalue weighted by atomic mass is 10.3. The summed E-state index contributed by atoms with van der Waals surface area (Å²) in [5.41, 5.74) is 0.776. The van der Waals surface area contributed by atoms with Gasteiger partial charge < -0.3 is 19.7 Å². The van der Waals surface area contributed by atoms with Crippen molar-refractivity contribution in [2.75, 3.05) is 14.2 Å². The number of hydrogen-bond acceptors (Lipinski definition) is 6. The van der Waals surface area contributed by atoms with Crippen LogP contribution in [0.1, 0.15) is 0 Å². The van der Waals surface area contributed by atoms with Gasteiger partial charge in [-0.05, 0) is 12.1 Å². The fourth-order valence-corrected chi connectivity index (χ4v) is 1.56. The summed E-state index contributed by atoms with van der Waals surface area (Å²) in [7, 11) is 3.09. The Hall–Kier alpha value is -2.76. The Morgan fingerprint density at radius 1 is 0.850 bits per heavy atom. The third-order valence-electron chi connectivity index (χ3n) is 2.57. The number of phenolic OH excluding ortho intramolecular Hbond substituents is 2. The normalized spacial score (nSPS) is 10.7. The van der Waals surface area contributed by atoms with Crippen molar-refractivity contribution in [3.8, 4) is 23.0 Å². The van der Waals surface area contributed by atoms with E-state index >= 15 is 0 Å². The number of azo groups is 1. The van der Waals surface area contributed by atoms with Gasteiger partial charge in [-0.3, -0.25) is 0 Å². The average molecular weight is 274 g/mol. The largest absolute Gasteiger partial charge is 0.508 e. The van der Waals surface area contributed by atoms with Crippen LogP contribution in [0.25, 0.3) is 0 Å². The summed E-state index contributed by atoms with van der Waals surface area (Å²) >= 11 is 0. The van der Waals surface area contributed by atoms with Gasteiger partial charge in [-0.15, -0.1) is 5.11 Å². The Morgan fingerprint density at radius 3 is 2.05 bits per heavy atom. The Labute approximate surface area is 115 Å². The molecule has 0 aromatic heterocycles. The molecule has 0 fully saturated rings. The number of rotatable bonds is 4. The SMILES string of the molecule is COc1cc(N=Nc2ccc(O)cc2O)cc(OC)c1. The molecule has 6 nitrogen and oxygen atoms in total. The van der Waals surface area contributed by atoms with E-state index in [1.54, 1.807) is 32.4 Å². The second-order valence-corrected chi connectivity index (χ2v) is 3.94. The molecule has 2 rings (SSSR count). The molecule has 2 N–H and O–H groups in total. The lowest BCUT2D eigenvalue weighted by Gasteiger charge is -2.05. The van der Waals surface area contributed by atoms with E-state index in [1.165, 1.54) is 18.2 Å². The number of phenols is 2. The van der Waals surface area contributed by atoms with Crippen LogP contribution in [0.3, 0.4) is 0 Å². The molecule has 104 valence electrons. The molecule has 0 heterocycles. The second kappa shape index (κ2) is 5.92. The highest BCUT2D eigenvalue weighted by Gasteiger charge is 2.03. The van der Waals surface area contributed by atoms with Crippen LogP contribution in [0.4, 0.5) is 11.4 Å². The fourth-order valence-electron chi connectivity index (χ4n) is 1.56. The van der Waals surface area contributed by atoms with Gasteiger partial charge in [-0.1, -0.05) is 0 Å². The molecule has 20 heavy (non-hydrogen) atoms. The summed E-state index contributed by atoms with van der Waals surface area (Å²) < 4.78 is 10.2. The lowest BCUT2D eigenvalue weighted by Crippen LogP contribution is -1.86. The molecule has 0 unspecified atom stereocenters. The molecule has 0 saturated heterocycles. The Bertz CT molecular complexity index is 619. The number of benzene rings is 2. The van der Waals surface area contributed by atoms with Crippen molar-refractivity contribution >= 4 is 11.4 Å². The zero-order chi connectivity index (χ0) is 14.5. The number of nitrogens with zero attached hydrogens (tertiary/aromatic N) is 2. The highest BCUT2D eigenvalue weighted by atomic mass is 16.5. The Balaban J connectivity index is 2.30. The van der Waals surface area contributed by atoms with Gasteiger partial charge in [-0.25, -0.2) is 0 Å². The Morgan fingerprint density at radius 2 is 1.50 bits per heavy atom. The minimum absolute atomic E-state index is 0.0375. The van der Waals surface area contributed by atoms with Gasteiger partial charge in [0, 0.05) is 24.3 Å². The van der Waals surface area contributed by atoms with Crippen molar-refractivity contribution in [3.05, 3.63) is 36.4 Å². The minimum Gasteiger partial charge on any atom is -0.508 e. The van der Waals surface area contributed by atoms with Crippen molar-refractivity contribution in [2.45, 2.75) is 0 Å². The third kappa shape index (κ3) is 3.17. The van der Waals surface area contributed by atoms with Gasteiger partial charge in [-0.2, -0.15) is 5.11 Å². The monoisotopic (exact) mass is 274 g/mol. The van der Waals surface area contributed by atoms with Crippen LogP contribution in [0.15, 0.2) is 46.6 Å². The van der Waals surface area contributed by atoms with E-state index in [1.807, 2.05) is 0 Å². The number of hydrogen-bond donors (Lipinski definition) is 2. The van der Waals surface area contributed by atoms with Crippen molar-refractivity contribution in [1.82, 2.24) is 0 Å². The molecule has 0 bridgehead atoms. The van der Waals surface area contributed by atoms with Crippen molar-refractivity contribution < 1.29 is 19.7 Å². The molecule has 6 heteroatoms. The lowest BCUT2D eigenvalue weighted by molar-refractivity contribution is 0.394. The van der Waals surface area contributed by atoms with Crippen LogP contribution in [0, 0.1) is 0 Å². The molecule has 0 aliphatic heterocycles. The number of ether oxygens (including phenoxy) is 2. The average Bonchev–Trinajstić information content (AvgIpc) is 2.46. The fraction of sp³-hybridized carbons (Fsp3) is 0.143. The standard InChI is InChI=1S/C14H14N2O4/c1-19-11-5-9(6-12(8-11)20-2)15-16-13-4-3-10(17)7-14(13)18/h3-8,17-18H,1-2H3. The molecule has 2 aromatic carbocycles. The quantitative estimate of drug-likeness (QED) is 0.835. The molecule has 0 radical (unpaired) electrons. The molecule has 0 aliphatic carbocycles. The second-order valence-electron chi connectivity index (χ2n) is 3.94. The van der Waals surface area contributed by atoms with E-state index in [4.69, 9.17) is 9.47 Å². The van der Waals surface area contributed by atoms with Crippen molar-refractivity contribution in [2.24, 2.45) is 10.2 Å². The molecule has 0 spiro atoms. The van der Waals surface area contributed by atoms with Gasteiger partial charge in [0.05, 0.1) is 19.9 Å². The summed E-state index contributed by atoms with van der Waals surface area (Å²) in [5, 5.41) is 26.7. The first-order valence-electron chi connectivity index (χ1n) is 5.79. The number of aromatic hydroxyl groups is 2. The summed E-state index contributed by atoms with van der Waals surface area (Å²) in [6.45, 7) is 0. The minimum atomic E-state index is -0.149. The van der Waals surface area contributed by atoms with E-state index in [0.29, 0.717) is 17.2 Å². The molecular formula is C14H14N2O4. The van der Waals surface area contributed by atoms with Crippen LogP contribution in [0.5, 0.6) is 23.0 Å². The van der Waals surface area contributed by atoms with Crippen LogP contribution in [0.2, 0.25) is 0 Å². The van der Waals surface area contributed by atoms with Crippen LogP contribution in [-0.2, 0) is 0 Å². The van der Waals surface area contributed by atoms with Crippen LogP contribution < -0.4 is 9.47 Å². The molecule has 0 amide bonds. The molecule has 0 atom stereocenters. The summed E-state index contributed by atoms with van der Waals surface area (Å²) in [5.74, 6) is 0.995. The zero-order valence-electron chi connectivity index (χ0n) is 11.1. The highest BCUT2D eigenvalue weighted by Crippen LogP contribution is 2.33. The van der Waals surface area contributed by atoms with Gasteiger partial charge in [0.15, 0.2) is 0 Å². The summed E-state index contributed by atoms with van der Waals surface area (Å²) in [6.07, 6.45) is 0. The maximum absolute atomic E-state index is 9.61. The molecular weight excluding hydrogens is 260 g/mol. The van der Waals surface area contributed by atoms with E-state index in [-0.39, 0.29) is 17.2 Å². The smallest absolute Gasteiger partial charge is 0.146 e. The van der Waals surface area contributed by atoms with Gasteiger partial charge in [0.1, 0.15) is 28.7 Å². The highest BCUT2D eigenvalue weighted by molar-refractivity contribution is 5.55. The van der Waals surface area contributed by atoms with Crippen LogP contribution in [-0.4, -0.2) is 24.4 Å². The van der Waals surface area contributed by atoms with Gasteiger partial charge in [0.25, 0.3) is 0 Å². The van der Waals surface area contributed by atoms with Gasteiger partial charge >= 0.3 is 0 Å². The van der Waals surface area contributed by atoms with E-state index in [9.17, 15) is 10.2 Å².